The van der Waals surface area contributed by atoms with Gasteiger partial charge < -0.3 is 24.5 Å². The molecule has 0 bridgehead atoms. The largest absolute Gasteiger partial charge is 0.481 e. The maximum atomic E-state index is 12.6. The van der Waals surface area contributed by atoms with Crippen molar-refractivity contribution < 1.29 is 19.4 Å². The molecule has 2 aliphatic rings. The Hall–Kier alpha value is -1.34. The minimum Gasteiger partial charge on any atom is -0.481 e. The predicted octanol–water partition coefficient (Wildman–Crippen LogP) is 0.308. The summed E-state index contributed by atoms with van der Waals surface area (Å²) in [7, 11) is 4.13. The van der Waals surface area contributed by atoms with Crippen LogP contribution in [0.5, 0.6) is 0 Å². The summed E-state index contributed by atoms with van der Waals surface area (Å²) in [6.07, 6.45) is 1.87. The zero-order chi connectivity index (χ0) is 15.4. The van der Waals surface area contributed by atoms with Crippen LogP contribution in [0.15, 0.2) is 0 Å². The molecule has 7 nitrogen and oxygen atoms in total. The number of carboxylic acid groups (broad SMARTS) is 1. The number of carboxylic acids is 1. The number of urea groups is 1. The molecule has 2 rings (SSSR count). The Balaban J connectivity index is 1.93. The van der Waals surface area contributed by atoms with E-state index in [2.05, 4.69) is 19.0 Å². The summed E-state index contributed by atoms with van der Waals surface area (Å²) in [5.74, 6) is -0.894. The maximum Gasteiger partial charge on any atom is 0.320 e. The maximum absolute atomic E-state index is 12.6. The summed E-state index contributed by atoms with van der Waals surface area (Å²) >= 11 is 0. The van der Waals surface area contributed by atoms with Crippen molar-refractivity contribution in [1.82, 2.24) is 14.7 Å². The van der Waals surface area contributed by atoms with Gasteiger partial charge in [-0.25, -0.2) is 4.79 Å². The normalized spacial score (nSPS) is 24.4. The van der Waals surface area contributed by atoms with Gasteiger partial charge in [-0.15, -0.1) is 0 Å². The van der Waals surface area contributed by atoms with Gasteiger partial charge in [0.2, 0.25) is 0 Å². The van der Waals surface area contributed by atoms with Crippen LogP contribution in [-0.4, -0.2) is 90.8 Å². The lowest BCUT2D eigenvalue weighted by Crippen LogP contribution is -2.56. The molecule has 2 heterocycles. The van der Waals surface area contributed by atoms with Crippen molar-refractivity contribution in [3.05, 3.63) is 0 Å². The molecule has 0 aromatic rings. The van der Waals surface area contributed by atoms with E-state index in [1.807, 2.05) is 4.90 Å². The van der Waals surface area contributed by atoms with Gasteiger partial charge >= 0.3 is 12.0 Å². The van der Waals surface area contributed by atoms with Gasteiger partial charge in [-0.2, -0.15) is 0 Å². The molecule has 1 N–H and O–H groups in total. The highest BCUT2D eigenvalue weighted by atomic mass is 16.5. The first-order chi connectivity index (χ1) is 9.99. The number of piperidine rings is 1. The number of morpholine rings is 1. The van der Waals surface area contributed by atoms with E-state index >= 15 is 0 Å². The average molecular weight is 299 g/mol. The Bertz CT molecular complexity index is 380. The first-order valence-corrected chi connectivity index (χ1v) is 7.50. The molecule has 2 fully saturated rings. The molecule has 7 heteroatoms. The zero-order valence-electron chi connectivity index (χ0n) is 12.8. The van der Waals surface area contributed by atoms with Gasteiger partial charge in [-0.3, -0.25) is 4.79 Å². The van der Waals surface area contributed by atoms with Crippen LogP contribution in [0.4, 0.5) is 4.79 Å². The van der Waals surface area contributed by atoms with Crippen molar-refractivity contribution in [2.75, 3.05) is 46.9 Å². The number of aliphatic carboxylic acids is 1. The third-order valence-electron chi connectivity index (χ3n) is 4.35. The fraction of sp³-hybridized carbons (Fsp3) is 0.857. The summed E-state index contributed by atoms with van der Waals surface area (Å²) in [6, 6.07) is 0.130. The Morgan fingerprint density at radius 2 is 1.90 bits per heavy atom. The van der Waals surface area contributed by atoms with Crippen LogP contribution in [0.1, 0.15) is 19.3 Å². The quantitative estimate of drug-likeness (QED) is 0.812. The molecule has 1 atom stereocenters. The third kappa shape index (κ3) is 4.07. The number of ether oxygens (including phenoxy) is 1. The second kappa shape index (κ2) is 7.09. The molecule has 2 saturated heterocycles. The third-order valence-corrected chi connectivity index (χ3v) is 4.35. The molecule has 0 spiro atoms. The predicted molar refractivity (Wildman–Crippen MR) is 77.2 cm³/mol. The Morgan fingerprint density at radius 3 is 2.48 bits per heavy atom. The second-order valence-electron chi connectivity index (χ2n) is 5.98. The van der Waals surface area contributed by atoms with Gasteiger partial charge in [0.05, 0.1) is 25.7 Å². The van der Waals surface area contributed by atoms with Crippen LogP contribution in [0.25, 0.3) is 0 Å². The summed E-state index contributed by atoms with van der Waals surface area (Å²) in [5, 5.41) is 8.96. The number of hydrogen-bond acceptors (Lipinski definition) is 4. The average Bonchev–Trinajstić information content (AvgIpc) is 2.46. The van der Waals surface area contributed by atoms with E-state index in [0.29, 0.717) is 25.8 Å². The standard InChI is InChI=1S/C14H25N3O4/c1-15(2)11-3-5-16(6-4-11)14(20)17-7-8-21-10-12(17)9-13(18)19/h11-12H,3-10H2,1-2H3,(H,18,19). The molecule has 1 unspecified atom stereocenters. The van der Waals surface area contributed by atoms with E-state index in [4.69, 9.17) is 9.84 Å². The highest BCUT2D eigenvalue weighted by Gasteiger charge is 2.33. The van der Waals surface area contributed by atoms with Crippen molar-refractivity contribution >= 4 is 12.0 Å². The zero-order valence-corrected chi connectivity index (χ0v) is 12.8. The van der Waals surface area contributed by atoms with E-state index in [-0.39, 0.29) is 18.5 Å². The Labute approximate surface area is 125 Å². The van der Waals surface area contributed by atoms with Crippen molar-refractivity contribution in [2.24, 2.45) is 0 Å². The Morgan fingerprint density at radius 1 is 1.24 bits per heavy atom. The van der Waals surface area contributed by atoms with Crippen LogP contribution in [0.3, 0.4) is 0 Å². The van der Waals surface area contributed by atoms with E-state index < -0.39 is 5.97 Å². The van der Waals surface area contributed by atoms with E-state index in [1.165, 1.54) is 0 Å². The lowest BCUT2D eigenvalue weighted by atomic mass is 10.0. The fourth-order valence-corrected chi connectivity index (χ4v) is 3.03. The minimum absolute atomic E-state index is 0.0400. The highest BCUT2D eigenvalue weighted by Crippen LogP contribution is 2.19. The van der Waals surface area contributed by atoms with Crippen molar-refractivity contribution in [2.45, 2.75) is 31.3 Å². The van der Waals surface area contributed by atoms with Crippen molar-refractivity contribution in [3.8, 4) is 0 Å². The number of amides is 2. The smallest absolute Gasteiger partial charge is 0.320 e. The van der Waals surface area contributed by atoms with Gasteiger partial charge in [-0.05, 0) is 26.9 Å². The molecule has 0 saturated carbocycles. The minimum atomic E-state index is -0.894. The van der Waals surface area contributed by atoms with Gasteiger partial charge in [0.15, 0.2) is 0 Å². The van der Waals surface area contributed by atoms with E-state index in [0.717, 1.165) is 25.9 Å². The molecule has 120 valence electrons. The Kier molecular flexibility index (Phi) is 5.41. The van der Waals surface area contributed by atoms with Gasteiger partial charge in [0.25, 0.3) is 0 Å². The van der Waals surface area contributed by atoms with E-state index in [1.54, 1.807) is 4.90 Å². The molecular formula is C14H25N3O4. The molecule has 2 amide bonds. The summed E-state index contributed by atoms with van der Waals surface area (Å²) in [6.45, 7) is 2.74. The van der Waals surface area contributed by atoms with Crippen LogP contribution < -0.4 is 0 Å². The molecule has 2 aliphatic heterocycles. The molecule has 0 aliphatic carbocycles. The topological polar surface area (TPSA) is 73.3 Å². The number of likely N-dealkylation sites (tertiary alicyclic amines) is 1. The number of nitrogens with zero attached hydrogens (tertiary/aromatic N) is 3. The molecule has 0 radical (unpaired) electrons. The van der Waals surface area contributed by atoms with Crippen LogP contribution >= 0.6 is 0 Å². The number of carbonyl (C=O) groups is 2. The molecule has 0 aromatic carbocycles. The number of hydrogen-bond donors (Lipinski definition) is 1. The van der Waals surface area contributed by atoms with Crippen molar-refractivity contribution in [1.29, 1.82) is 0 Å². The van der Waals surface area contributed by atoms with Gasteiger partial charge in [-0.1, -0.05) is 0 Å². The number of rotatable bonds is 3. The van der Waals surface area contributed by atoms with Crippen molar-refractivity contribution in [3.63, 3.8) is 0 Å². The van der Waals surface area contributed by atoms with Gasteiger partial charge in [0.1, 0.15) is 0 Å². The number of carbonyl (C=O) groups excluding carboxylic acids is 1. The molecular weight excluding hydrogens is 274 g/mol. The van der Waals surface area contributed by atoms with Crippen LogP contribution in [0.2, 0.25) is 0 Å². The second-order valence-corrected chi connectivity index (χ2v) is 5.98. The lowest BCUT2D eigenvalue weighted by molar-refractivity contribution is -0.139. The first-order valence-electron chi connectivity index (χ1n) is 7.50. The van der Waals surface area contributed by atoms with Crippen LogP contribution in [0, 0.1) is 0 Å². The van der Waals surface area contributed by atoms with Crippen LogP contribution in [-0.2, 0) is 9.53 Å². The van der Waals surface area contributed by atoms with Gasteiger partial charge in [0, 0.05) is 25.7 Å². The highest BCUT2D eigenvalue weighted by molar-refractivity contribution is 5.76. The fourth-order valence-electron chi connectivity index (χ4n) is 3.03. The summed E-state index contributed by atoms with van der Waals surface area (Å²) < 4.78 is 5.32. The molecule has 21 heavy (non-hydrogen) atoms. The summed E-state index contributed by atoms with van der Waals surface area (Å²) in [4.78, 5) is 29.2. The monoisotopic (exact) mass is 299 g/mol. The first kappa shape index (κ1) is 16.0. The van der Waals surface area contributed by atoms with E-state index in [9.17, 15) is 9.59 Å². The summed E-state index contributed by atoms with van der Waals surface area (Å²) in [5.41, 5.74) is 0. The SMILES string of the molecule is CN(C)C1CCN(C(=O)N2CCOCC2CC(=O)O)CC1. The molecule has 0 aromatic heterocycles. The lowest BCUT2D eigenvalue weighted by Gasteiger charge is -2.41.